The molecular weight excluding hydrogens is 234 g/mol. The van der Waals surface area contributed by atoms with Gasteiger partial charge in [-0.15, -0.1) is 0 Å². The lowest BCUT2D eigenvalue weighted by Gasteiger charge is -2.27. The summed E-state index contributed by atoms with van der Waals surface area (Å²) in [4.78, 5) is 29.2. The number of amides is 1. The monoisotopic (exact) mass is 249 g/mol. The number of ether oxygens (including phenoxy) is 1. The Morgan fingerprint density at radius 1 is 1.28 bits per heavy atom. The van der Waals surface area contributed by atoms with Crippen LogP contribution in [0.15, 0.2) is 18.2 Å². The van der Waals surface area contributed by atoms with Crippen LogP contribution in [-0.2, 0) is 4.74 Å². The fourth-order valence-corrected chi connectivity index (χ4v) is 1.80. The van der Waals surface area contributed by atoms with E-state index in [1.165, 1.54) is 13.2 Å². The number of carbonyl (C=O) groups is 2. The molecule has 6 heteroatoms. The highest BCUT2D eigenvalue weighted by Gasteiger charge is 2.20. The molecule has 96 valence electrons. The fraction of sp³-hybridized carbons (Fsp3) is 0.417. The summed E-state index contributed by atoms with van der Waals surface area (Å²) in [5, 5.41) is 3.17. The maximum atomic E-state index is 12.1. The minimum atomic E-state index is -0.537. The number of hydrogen-bond donors (Lipinski definition) is 1. The topological polar surface area (TPSA) is 71.5 Å². The molecule has 1 aromatic rings. The molecule has 1 N–H and O–H groups in total. The van der Waals surface area contributed by atoms with Gasteiger partial charge in [0.2, 0.25) is 0 Å². The minimum absolute atomic E-state index is 0.151. The molecule has 0 unspecified atom stereocenters. The molecule has 1 aromatic heterocycles. The summed E-state index contributed by atoms with van der Waals surface area (Å²) in [6.07, 6.45) is 0. The number of piperazine rings is 1. The average molecular weight is 249 g/mol. The number of rotatable bonds is 2. The summed E-state index contributed by atoms with van der Waals surface area (Å²) in [5.74, 6) is -0.688. The number of nitrogens with zero attached hydrogens (tertiary/aromatic N) is 2. The first-order chi connectivity index (χ1) is 8.72. The van der Waals surface area contributed by atoms with Gasteiger partial charge in [-0.1, -0.05) is 6.07 Å². The largest absolute Gasteiger partial charge is 0.464 e. The van der Waals surface area contributed by atoms with Gasteiger partial charge in [0.1, 0.15) is 11.4 Å². The Kier molecular flexibility index (Phi) is 3.88. The molecule has 1 aliphatic heterocycles. The molecule has 0 radical (unpaired) electrons. The quantitative estimate of drug-likeness (QED) is 0.742. The molecule has 0 saturated carbocycles. The van der Waals surface area contributed by atoms with Crippen LogP contribution >= 0.6 is 0 Å². The summed E-state index contributed by atoms with van der Waals surface area (Å²) in [6.45, 7) is 2.87. The van der Waals surface area contributed by atoms with E-state index < -0.39 is 5.97 Å². The van der Waals surface area contributed by atoms with E-state index in [4.69, 9.17) is 0 Å². The maximum Gasteiger partial charge on any atom is 0.356 e. The molecule has 0 atom stereocenters. The molecule has 0 bridgehead atoms. The fourth-order valence-electron chi connectivity index (χ4n) is 1.80. The maximum absolute atomic E-state index is 12.1. The van der Waals surface area contributed by atoms with Crippen LogP contribution in [0.2, 0.25) is 0 Å². The number of nitrogens with one attached hydrogen (secondary N) is 1. The molecule has 0 aromatic carbocycles. The third-order valence-corrected chi connectivity index (χ3v) is 2.77. The molecule has 2 rings (SSSR count). The third kappa shape index (κ3) is 2.65. The van der Waals surface area contributed by atoms with Crippen LogP contribution in [0.25, 0.3) is 0 Å². The van der Waals surface area contributed by atoms with Crippen molar-refractivity contribution in [1.29, 1.82) is 0 Å². The first-order valence-electron chi connectivity index (χ1n) is 5.78. The first-order valence-corrected chi connectivity index (χ1v) is 5.78. The van der Waals surface area contributed by atoms with Crippen molar-refractivity contribution >= 4 is 11.9 Å². The Morgan fingerprint density at radius 3 is 2.61 bits per heavy atom. The van der Waals surface area contributed by atoms with Gasteiger partial charge in [0.15, 0.2) is 0 Å². The van der Waals surface area contributed by atoms with Crippen molar-refractivity contribution in [3.8, 4) is 0 Å². The van der Waals surface area contributed by atoms with Crippen LogP contribution in [0, 0.1) is 0 Å². The molecule has 1 amide bonds. The van der Waals surface area contributed by atoms with Gasteiger partial charge in [-0.3, -0.25) is 4.79 Å². The summed E-state index contributed by atoms with van der Waals surface area (Å²) >= 11 is 0. The van der Waals surface area contributed by atoms with Crippen molar-refractivity contribution < 1.29 is 14.3 Å². The summed E-state index contributed by atoms with van der Waals surface area (Å²) in [6, 6.07) is 4.77. The van der Waals surface area contributed by atoms with E-state index in [0.29, 0.717) is 13.1 Å². The SMILES string of the molecule is COC(=O)c1cccc(C(=O)N2CCNCC2)n1. The molecule has 1 fully saturated rings. The van der Waals surface area contributed by atoms with Crippen molar-refractivity contribution in [2.75, 3.05) is 33.3 Å². The van der Waals surface area contributed by atoms with Crippen molar-refractivity contribution in [3.05, 3.63) is 29.6 Å². The van der Waals surface area contributed by atoms with Gasteiger partial charge in [-0.25, -0.2) is 9.78 Å². The van der Waals surface area contributed by atoms with E-state index in [9.17, 15) is 9.59 Å². The van der Waals surface area contributed by atoms with Gasteiger partial charge in [-0.05, 0) is 12.1 Å². The molecule has 6 nitrogen and oxygen atoms in total. The van der Waals surface area contributed by atoms with Crippen LogP contribution in [0.1, 0.15) is 21.0 Å². The molecule has 2 heterocycles. The van der Waals surface area contributed by atoms with E-state index >= 15 is 0 Å². The van der Waals surface area contributed by atoms with Crippen LogP contribution in [0.5, 0.6) is 0 Å². The summed E-state index contributed by atoms with van der Waals surface area (Å²) < 4.78 is 4.58. The highest BCUT2D eigenvalue weighted by Crippen LogP contribution is 2.06. The number of aromatic nitrogens is 1. The minimum Gasteiger partial charge on any atom is -0.464 e. The van der Waals surface area contributed by atoms with Gasteiger partial charge in [-0.2, -0.15) is 0 Å². The van der Waals surface area contributed by atoms with Crippen LogP contribution < -0.4 is 5.32 Å². The number of pyridine rings is 1. The second-order valence-electron chi connectivity index (χ2n) is 3.94. The van der Waals surface area contributed by atoms with Crippen molar-refractivity contribution in [2.24, 2.45) is 0 Å². The summed E-state index contributed by atoms with van der Waals surface area (Å²) in [5.41, 5.74) is 0.429. The molecule has 1 saturated heterocycles. The van der Waals surface area contributed by atoms with Crippen molar-refractivity contribution in [2.45, 2.75) is 0 Å². The van der Waals surface area contributed by atoms with Crippen molar-refractivity contribution in [1.82, 2.24) is 15.2 Å². The lowest BCUT2D eigenvalue weighted by Crippen LogP contribution is -2.46. The molecule has 1 aliphatic rings. The molecular formula is C12H15N3O3. The van der Waals surface area contributed by atoms with Crippen LogP contribution in [0.4, 0.5) is 0 Å². The lowest BCUT2D eigenvalue weighted by molar-refractivity contribution is 0.0593. The van der Waals surface area contributed by atoms with Crippen molar-refractivity contribution in [3.63, 3.8) is 0 Å². The number of esters is 1. The van der Waals surface area contributed by atoms with E-state index in [1.54, 1.807) is 17.0 Å². The molecule has 0 aliphatic carbocycles. The zero-order valence-corrected chi connectivity index (χ0v) is 10.2. The Bertz CT molecular complexity index is 456. The zero-order chi connectivity index (χ0) is 13.0. The molecule has 0 spiro atoms. The second-order valence-corrected chi connectivity index (χ2v) is 3.94. The lowest BCUT2D eigenvalue weighted by atomic mass is 10.2. The van der Waals surface area contributed by atoms with Crippen LogP contribution in [0.3, 0.4) is 0 Å². The van der Waals surface area contributed by atoms with E-state index in [2.05, 4.69) is 15.0 Å². The standard InChI is InChI=1S/C12H15N3O3/c1-18-12(17)10-4-2-3-9(14-10)11(16)15-7-5-13-6-8-15/h2-4,13H,5-8H2,1H3. The highest BCUT2D eigenvalue weighted by atomic mass is 16.5. The first kappa shape index (κ1) is 12.5. The average Bonchev–Trinajstić information content (AvgIpc) is 2.46. The van der Waals surface area contributed by atoms with Gasteiger partial charge < -0.3 is 15.0 Å². The van der Waals surface area contributed by atoms with Gasteiger partial charge in [0.25, 0.3) is 5.91 Å². The Hall–Kier alpha value is -1.95. The van der Waals surface area contributed by atoms with E-state index in [-0.39, 0.29) is 17.3 Å². The van der Waals surface area contributed by atoms with Gasteiger partial charge >= 0.3 is 5.97 Å². The molecule has 18 heavy (non-hydrogen) atoms. The zero-order valence-electron chi connectivity index (χ0n) is 10.2. The third-order valence-electron chi connectivity index (χ3n) is 2.77. The highest BCUT2D eigenvalue weighted by molar-refractivity contribution is 5.94. The number of hydrogen-bond acceptors (Lipinski definition) is 5. The number of carbonyl (C=O) groups excluding carboxylic acids is 2. The van der Waals surface area contributed by atoms with Gasteiger partial charge in [0.05, 0.1) is 7.11 Å². The normalized spacial score (nSPS) is 15.3. The Labute approximate surface area is 105 Å². The Morgan fingerprint density at radius 2 is 1.94 bits per heavy atom. The van der Waals surface area contributed by atoms with E-state index in [0.717, 1.165) is 13.1 Å². The van der Waals surface area contributed by atoms with Crippen LogP contribution in [-0.4, -0.2) is 55.0 Å². The predicted molar refractivity (Wildman–Crippen MR) is 64.3 cm³/mol. The Balaban J connectivity index is 2.17. The summed E-state index contributed by atoms with van der Waals surface area (Å²) in [7, 11) is 1.29. The van der Waals surface area contributed by atoms with E-state index in [1.807, 2.05) is 0 Å². The number of methoxy groups -OCH3 is 1. The predicted octanol–water partition coefficient (Wildman–Crippen LogP) is -0.0864. The van der Waals surface area contributed by atoms with Gasteiger partial charge in [0, 0.05) is 26.2 Å². The second kappa shape index (κ2) is 5.59. The smallest absolute Gasteiger partial charge is 0.356 e.